The first-order valence-electron chi connectivity index (χ1n) is 12.6. The Labute approximate surface area is 257 Å². The van der Waals surface area contributed by atoms with Gasteiger partial charge in [0.1, 0.15) is 17.3 Å². The summed E-state index contributed by atoms with van der Waals surface area (Å²) in [5.74, 6) is -1.99. The molecule has 0 aliphatic rings. The summed E-state index contributed by atoms with van der Waals surface area (Å²) in [6.45, 7) is 0. The van der Waals surface area contributed by atoms with Crippen molar-refractivity contribution in [2.24, 2.45) is 0 Å². The largest absolute Gasteiger partial charge is 2.00 e. The quantitative estimate of drug-likeness (QED) is 0.104. The molecule has 2 aromatic carbocycles. The Kier molecular flexibility index (Phi) is 8.33. The van der Waals surface area contributed by atoms with E-state index in [1.54, 1.807) is 30.3 Å². The van der Waals surface area contributed by atoms with Gasteiger partial charge in [-0.2, -0.15) is 13.2 Å². The number of alkyl halides is 3. The molecule has 216 valence electrons. The van der Waals surface area contributed by atoms with Crippen molar-refractivity contribution in [3.63, 3.8) is 0 Å². The van der Waals surface area contributed by atoms with Crippen LogP contribution >= 0.6 is 0 Å². The fraction of sp³-hybridized carbons (Fsp3) is 0.0625. The van der Waals surface area contributed by atoms with E-state index in [1.807, 2.05) is 60.7 Å². The van der Waals surface area contributed by atoms with Crippen LogP contribution in [0.5, 0.6) is 0 Å². The summed E-state index contributed by atoms with van der Waals surface area (Å²) in [7, 11) is 0. The van der Waals surface area contributed by atoms with E-state index in [-0.39, 0.29) is 38.1 Å². The van der Waals surface area contributed by atoms with Gasteiger partial charge in [-0.3, -0.25) is 20.1 Å². The fourth-order valence-electron chi connectivity index (χ4n) is 4.90. The molecular weight excluding hydrogens is 744 g/mol. The van der Waals surface area contributed by atoms with Gasteiger partial charge in [-0.1, -0.05) is 103 Å². The van der Waals surface area contributed by atoms with Crippen molar-refractivity contribution >= 4 is 0 Å². The zero-order chi connectivity index (χ0) is 29.3. The van der Waals surface area contributed by atoms with Crippen LogP contribution in [0.25, 0.3) is 17.1 Å². The fourth-order valence-corrected chi connectivity index (χ4v) is 4.90. The minimum atomic E-state index is -4.65. The van der Waals surface area contributed by atoms with Gasteiger partial charge in [-0.15, -0.1) is 12.1 Å². The van der Waals surface area contributed by atoms with E-state index in [2.05, 4.69) is 22.3 Å². The second kappa shape index (κ2) is 12.0. The van der Waals surface area contributed by atoms with E-state index >= 15 is 0 Å². The van der Waals surface area contributed by atoms with Crippen molar-refractivity contribution in [1.82, 2.24) is 24.7 Å². The second-order valence-electron chi connectivity index (χ2n) is 9.23. The van der Waals surface area contributed by atoms with Gasteiger partial charge in [-0.25, -0.2) is 8.78 Å². The molecule has 0 radical (unpaired) electrons. The number of hydrogen-bond donors (Lipinski definition) is 0. The molecule has 0 saturated carbocycles. The Balaban J connectivity index is 0.00000368. The zero-order valence-corrected chi connectivity index (χ0v) is 24.1. The first-order chi connectivity index (χ1) is 20.3. The maximum atomic E-state index is 14.7. The standard InChI is InChI=1S/C32H18F5N5.Pt/c33-28-18-17-23(30(34)40-28)24-13-7-14-25(38-24)31(21-9-3-1-4-10-21,22-11-5-2-6-12-22)26-15-8-16-29(39-26)42-20-19-27(41-42)32(35,36)37;/h1-16,18-19H;/q-2;+2. The molecule has 0 spiro atoms. The van der Waals surface area contributed by atoms with Crippen LogP contribution < -0.4 is 0 Å². The number of nitrogens with zero attached hydrogens (tertiary/aromatic N) is 5. The van der Waals surface area contributed by atoms with Gasteiger partial charge in [0.15, 0.2) is 0 Å². The molecule has 5 nitrogen and oxygen atoms in total. The maximum absolute atomic E-state index is 14.7. The third kappa shape index (κ3) is 5.62. The van der Waals surface area contributed by atoms with Gasteiger partial charge in [0.2, 0.25) is 0 Å². The molecule has 0 amide bonds. The molecular formula is C32H18F5N5Pt. The van der Waals surface area contributed by atoms with Crippen molar-refractivity contribution < 1.29 is 43.0 Å². The van der Waals surface area contributed by atoms with Crippen molar-refractivity contribution in [3.8, 4) is 17.1 Å². The van der Waals surface area contributed by atoms with E-state index in [0.29, 0.717) is 11.4 Å². The number of benzene rings is 2. The second-order valence-corrected chi connectivity index (χ2v) is 9.23. The summed E-state index contributed by atoms with van der Waals surface area (Å²) in [4.78, 5) is 12.9. The molecule has 0 bridgehead atoms. The molecule has 0 aliphatic carbocycles. The molecule has 4 heterocycles. The Morgan fingerprint density at radius 1 is 0.628 bits per heavy atom. The molecule has 0 saturated heterocycles. The molecule has 0 N–H and O–H groups in total. The predicted octanol–water partition coefficient (Wildman–Crippen LogP) is 7.00. The van der Waals surface area contributed by atoms with Crippen LogP contribution in [0.3, 0.4) is 0 Å². The van der Waals surface area contributed by atoms with Gasteiger partial charge in [0.25, 0.3) is 0 Å². The zero-order valence-electron chi connectivity index (χ0n) is 21.8. The summed E-state index contributed by atoms with van der Waals surface area (Å²) < 4.78 is 69.1. The Hall–Kier alpha value is -4.56. The number of rotatable bonds is 6. The van der Waals surface area contributed by atoms with Crippen molar-refractivity contribution in [1.29, 1.82) is 0 Å². The van der Waals surface area contributed by atoms with E-state index < -0.39 is 29.2 Å². The topological polar surface area (TPSA) is 56.5 Å². The minimum Gasteiger partial charge on any atom is -0.343 e. The molecule has 11 heteroatoms. The summed E-state index contributed by atoms with van der Waals surface area (Å²) in [5.41, 5.74) is -0.0343. The number of pyridine rings is 3. The molecule has 6 rings (SSSR count). The molecule has 0 aliphatic heterocycles. The first-order valence-corrected chi connectivity index (χ1v) is 12.6. The first kappa shape index (κ1) is 29.9. The smallest absolute Gasteiger partial charge is 0.343 e. The van der Waals surface area contributed by atoms with E-state index in [0.717, 1.165) is 27.9 Å². The Morgan fingerprint density at radius 2 is 1.23 bits per heavy atom. The summed E-state index contributed by atoms with van der Waals surface area (Å²) in [6.07, 6.45) is -2.16. The molecule has 43 heavy (non-hydrogen) atoms. The summed E-state index contributed by atoms with van der Waals surface area (Å²) in [6, 6.07) is 32.7. The SMILES string of the molecule is Fc1c[c-]c(-c2cccc(C(c3ccccc3)(c3ccccc3)c3cccc(-n4[c-]cc(C(F)(F)F)n4)n3)n2)c(F)n1.[Pt+2]. The van der Waals surface area contributed by atoms with Crippen LogP contribution in [-0.2, 0) is 32.7 Å². The monoisotopic (exact) mass is 762 g/mol. The van der Waals surface area contributed by atoms with E-state index in [9.17, 15) is 22.0 Å². The van der Waals surface area contributed by atoms with Crippen molar-refractivity contribution in [3.05, 3.63) is 162 Å². The third-order valence-electron chi connectivity index (χ3n) is 6.71. The average molecular weight is 763 g/mol. The summed E-state index contributed by atoms with van der Waals surface area (Å²) >= 11 is 0. The Bertz CT molecular complexity index is 1820. The third-order valence-corrected chi connectivity index (χ3v) is 6.71. The normalized spacial score (nSPS) is 11.7. The molecule has 0 fully saturated rings. The van der Waals surface area contributed by atoms with Crippen LogP contribution in [0.1, 0.15) is 28.2 Å². The predicted molar refractivity (Wildman–Crippen MR) is 143 cm³/mol. The summed E-state index contributed by atoms with van der Waals surface area (Å²) in [5, 5.41) is 3.64. The van der Waals surface area contributed by atoms with Gasteiger partial charge in [0.05, 0.1) is 17.2 Å². The Morgan fingerprint density at radius 3 is 1.81 bits per heavy atom. The molecule has 0 unspecified atom stereocenters. The van der Waals surface area contributed by atoms with E-state index in [4.69, 9.17) is 9.97 Å². The van der Waals surface area contributed by atoms with Crippen LogP contribution in [0.4, 0.5) is 22.0 Å². The van der Waals surface area contributed by atoms with Crippen molar-refractivity contribution in [2.75, 3.05) is 0 Å². The van der Waals surface area contributed by atoms with Gasteiger partial charge >= 0.3 is 27.2 Å². The maximum Gasteiger partial charge on any atom is 2.00 e. The number of hydrogen-bond acceptors (Lipinski definition) is 4. The number of aromatic nitrogens is 5. The van der Waals surface area contributed by atoms with Crippen LogP contribution in [0.2, 0.25) is 0 Å². The van der Waals surface area contributed by atoms with Crippen molar-refractivity contribution in [2.45, 2.75) is 11.6 Å². The molecule has 4 aromatic heterocycles. The molecule has 6 aromatic rings. The molecule has 0 atom stereocenters. The van der Waals surface area contributed by atoms with Gasteiger partial charge in [-0.05, 0) is 29.0 Å². The average Bonchev–Trinajstić information content (AvgIpc) is 3.51. The van der Waals surface area contributed by atoms with Crippen LogP contribution in [0.15, 0.2) is 109 Å². The number of halogens is 5. The van der Waals surface area contributed by atoms with Crippen LogP contribution in [0, 0.1) is 24.2 Å². The van der Waals surface area contributed by atoms with Gasteiger partial charge < -0.3 is 4.68 Å². The van der Waals surface area contributed by atoms with Gasteiger partial charge in [0, 0.05) is 5.69 Å². The van der Waals surface area contributed by atoms with Crippen LogP contribution in [-0.4, -0.2) is 24.7 Å². The van der Waals surface area contributed by atoms with E-state index in [1.165, 1.54) is 6.07 Å². The minimum absolute atomic E-state index is 0.